The summed E-state index contributed by atoms with van der Waals surface area (Å²) in [5.41, 5.74) is 23.6. The highest BCUT2D eigenvalue weighted by molar-refractivity contribution is 7.00. The Balaban J connectivity index is 1.21. The highest BCUT2D eigenvalue weighted by atomic mass is 15.3. The van der Waals surface area contributed by atoms with Gasteiger partial charge in [-0.3, -0.25) is 0 Å². The third kappa shape index (κ3) is 6.67. The quantitative estimate of drug-likeness (QED) is 0.160. The van der Waals surface area contributed by atoms with Crippen LogP contribution in [-0.4, -0.2) is 12.3 Å². The van der Waals surface area contributed by atoms with Gasteiger partial charge < -0.3 is 14.7 Å². The normalized spacial score (nSPS) is 19.4. The Morgan fingerprint density at radius 2 is 1.09 bits per heavy atom. The van der Waals surface area contributed by atoms with Gasteiger partial charge in [-0.05, 0) is 153 Å². The van der Waals surface area contributed by atoms with E-state index in [0.29, 0.717) is 0 Å². The van der Waals surface area contributed by atoms with Crippen molar-refractivity contribution < 1.29 is 0 Å². The summed E-state index contributed by atoms with van der Waals surface area (Å²) >= 11 is 0. The number of nitrogens with zero attached hydrogens (tertiary/aromatic N) is 3. The number of hydrogen-bond acceptors (Lipinski definition) is 3. The number of para-hydroxylation sites is 1. The summed E-state index contributed by atoms with van der Waals surface area (Å²) in [7, 11) is 0. The molecule has 2 atom stereocenters. The van der Waals surface area contributed by atoms with Gasteiger partial charge in [-0.1, -0.05) is 167 Å². The van der Waals surface area contributed by atoms with Crippen LogP contribution in [0.2, 0.25) is 0 Å². The van der Waals surface area contributed by atoms with E-state index in [2.05, 4.69) is 243 Å². The van der Waals surface area contributed by atoms with Gasteiger partial charge in [0.05, 0.1) is 11.2 Å². The van der Waals surface area contributed by atoms with E-state index in [9.17, 15) is 0 Å². The Kier molecular flexibility index (Phi) is 9.76. The van der Waals surface area contributed by atoms with Gasteiger partial charge in [0.1, 0.15) is 0 Å². The summed E-state index contributed by atoms with van der Waals surface area (Å²) in [6.07, 6.45) is 4.94. The molecule has 0 radical (unpaired) electrons. The Morgan fingerprint density at radius 3 is 1.72 bits per heavy atom. The predicted molar refractivity (Wildman–Crippen MR) is 290 cm³/mol. The minimum atomic E-state index is -0.0275. The topological polar surface area (TPSA) is 9.72 Å². The number of aryl methyl sites for hydroxylation is 1. The average molecular weight is 878 g/mol. The van der Waals surface area contributed by atoms with Crippen LogP contribution in [0.1, 0.15) is 130 Å². The fourth-order valence-corrected chi connectivity index (χ4v) is 12.5. The van der Waals surface area contributed by atoms with Crippen molar-refractivity contribution >= 4 is 68.6 Å². The van der Waals surface area contributed by atoms with E-state index in [1.165, 1.54) is 109 Å². The fourth-order valence-electron chi connectivity index (χ4n) is 12.5. The van der Waals surface area contributed by atoms with Crippen LogP contribution >= 0.6 is 0 Å². The zero-order valence-corrected chi connectivity index (χ0v) is 42.1. The summed E-state index contributed by atoms with van der Waals surface area (Å²) in [6.45, 7) is 28.3. The van der Waals surface area contributed by atoms with Crippen molar-refractivity contribution in [3.8, 4) is 11.1 Å². The summed E-state index contributed by atoms with van der Waals surface area (Å²) in [4.78, 5) is 7.99. The lowest BCUT2D eigenvalue weighted by Gasteiger charge is -2.53. The largest absolute Gasteiger partial charge is 0.335 e. The molecule has 67 heavy (non-hydrogen) atoms. The summed E-state index contributed by atoms with van der Waals surface area (Å²) < 4.78 is 0. The summed E-state index contributed by atoms with van der Waals surface area (Å²) in [5, 5.41) is 0. The Bertz CT molecular complexity index is 3020. The zero-order valence-electron chi connectivity index (χ0n) is 42.1. The van der Waals surface area contributed by atoms with Crippen LogP contribution in [0.15, 0.2) is 146 Å². The molecule has 7 aromatic rings. The maximum atomic E-state index is 2.85. The molecule has 0 amide bonds. The van der Waals surface area contributed by atoms with Crippen molar-refractivity contribution in [1.82, 2.24) is 0 Å². The van der Waals surface area contributed by atoms with Crippen LogP contribution in [0.5, 0.6) is 0 Å². The van der Waals surface area contributed by atoms with Crippen molar-refractivity contribution in [2.24, 2.45) is 0 Å². The van der Waals surface area contributed by atoms with Crippen LogP contribution in [0.4, 0.5) is 45.5 Å². The summed E-state index contributed by atoms with van der Waals surface area (Å²) in [5.74, 6) is 0. The summed E-state index contributed by atoms with van der Waals surface area (Å²) in [6, 6.07) is 56.7. The first-order valence-electron chi connectivity index (χ1n) is 25.0. The first kappa shape index (κ1) is 43.6. The second-order valence-corrected chi connectivity index (χ2v) is 23.9. The van der Waals surface area contributed by atoms with Gasteiger partial charge in [-0.25, -0.2) is 0 Å². The lowest BCUT2D eigenvalue weighted by atomic mass is 9.33. The third-order valence-electron chi connectivity index (χ3n) is 16.5. The number of benzene rings is 7. The monoisotopic (exact) mass is 878 g/mol. The standard InChI is InChI=1S/C63H68BN3/c1-41-37-55-57-56(38-41)67-58-50(62(11)35-16-17-36-63(62,67)12)21-18-22-52(58)64(57)51-33-32-48(40-54(51)66(55)53-34-27-45(61(8,9)10)39-49(53)42-19-14-13-15-20-42)65(46-28-23-43(24-29-46)59(2,3)4)47-30-25-44(26-31-47)60(5,6)7/h13-15,18-34,37-40H,16-17,35-36H2,1-12H3. The molecule has 1 aliphatic carbocycles. The third-order valence-corrected chi connectivity index (χ3v) is 16.5. The first-order chi connectivity index (χ1) is 31.8. The van der Waals surface area contributed by atoms with Crippen molar-refractivity contribution in [3.63, 3.8) is 0 Å². The lowest BCUT2D eigenvalue weighted by molar-refractivity contribution is 0.195. The lowest BCUT2D eigenvalue weighted by Crippen LogP contribution is -2.64. The molecule has 4 heteroatoms. The molecule has 3 nitrogen and oxygen atoms in total. The maximum Gasteiger partial charge on any atom is 0.252 e. The predicted octanol–water partition coefficient (Wildman–Crippen LogP) is 15.4. The van der Waals surface area contributed by atoms with Gasteiger partial charge in [0.25, 0.3) is 6.71 Å². The van der Waals surface area contributed by atoms with Crippen molar-refractivity contribution in [3.05, 3.63) is 173 Å². The van der Waals surface area contributed by atoms with Gasteiger partial charge in [-0.15, -0.1) is 0 Å². The van der Waals surface area contributed by atoms with Gasteiger partial charge in [0.2, 0.25) is 0 Å². The van der Waals surface area contributed by atoms with Crippen LogP contribution in [0.3, 0.4) is 0 Å². The Labute approximate surface area is 402 Å². The minimum absolute atomic E-state index is 0.0204. The van der Waals surface area contributed by atoms with Gasteiger partial charge >= 0.3 is 0 Å². The highest BCUT2D eigenvalue weighted by Crippen LogP contribution is 2.62. The molecule has 0 spiro atoms. The number of anilines is 8. The number of fused-ring (bicyclic) bond motifs is 7. The van der Waals surface area contributed by atoms with Gasteiger partial charge in [0.15, 0.2) is 0 Å². The first-order valence-corrected chi connectivity index (χ1v) is 25.0. The highest BCUT2D eigenvalue weighted by Gasteiger charge is 2.61. The molecule has 0 bridgehead atoms. The van der Waals surface area contributed by atoms with E-state index in [0.717, 1.165) is 17.1 Å². The minimum Gasteiger partial charge on any atom is -0.335 e. The van der Waals surface area contributed by atoms with Crippen LogP contribution in [0, 0.1) is 6.92 Å². The molecule has 1 fully saturated rings. The average Bonchev–Trinajstić information content (AvgIpc) is 3.51. The molecule has 4 aliphatic rings. The molecule has 3 aliphatic heterocycles. The SMILES string of the molecule is Cc1cc2c3c(c1)N1c4c(cccc4C4(C)CCCCC14C)B3c1ccc(N(c3ccc(C(C)(C)C)cc3)c3ccc(C(C)(C)C)cc3)cc1N2c1ccc(C(C)(C)C)cc1-c1ccccc1. The maximum absolute atomic E-state index is 2.85. The van der Waals surface area contributed by atoms with Gasteiger partial charge in [-0.2, -0.15) is 0 Å². The van der Waals surface area contributed by atoms with Crippen LogP contribution in [-0.2, 0) is 21.7 Å². The van der Waals surface area contributed by atoms with Crippen molar-refractivity contribution in [2.45, 2.75) is 136 Å². The zero-order chi connectivity index (χ0) is 47.0. The Morgan fingerprint density at radius 1 is 0.507 bits per heavy atom. The molecule has 338 valence electrons. The molecule has 1 saturated carbocycles. The van der Waals surface area contributed by atoms with E-state index >= 15 is 0 Å². The molecule has 0 aromatic heterocycles. The van der Waals surface area contributed by atoms with Crippen molar-refractivity contribution in [1.29, 1.82) is 0 Å². The second kappa shape index (κ2) is 15.0. The van der Waals surface area contributed by atoms with E-state index in [1.54, 1.807) is 0 Å². The van der Waals surface area contributed by atoms with Gasteiger partial charge in [0, 0.05) is 50.8 Å². The van der Waals surface area contributed by atoms with E-state index < -0.39 is 0 Å². The van der Waals surface area contributed by atoms with E-state index in [1.807, 2.05) is 0 Å². The molecular weight excluding hydrogens is 810 g/mol. The Hall–Kier alpha value is -6.00. The van der Waals surface area contributed by atoms with E-state index in [-0.39, 0.29) is 33.9 Å². The molecule has 11 rings (SSSR count). The van der Waals surface area contributed by atoms with Crippen LogP contribution in [0.25, 0.3) is 11.1 Å². The fraction of sp³-hybridized carbons (Fsp3) is 0.333. The second-order valence-electron chi connectivity index (χ2n) is 23.9. The molecule has 7 aromatic carbocycles. The molecule has 0 saturated heterocycles. The molecule has 3 heterocycles. The molecular formula is C63H68BN3. The van der Waals surface area contributed by atoms with Crippen LogP contribution < -0.4 is 31.1 Å². The van der Waals surface area contributed by atoms with Crippen molar-refractivity contribution in [2.75, 3.05) is 14.7 Å². The number of hydrogen-bond donors (Lipinski definition) is 0. The smallest absolute Gasteiger partial charge is 0.252 e. The number of rotatable bonds is 5. The van der Waals surface area contributed by atoms with E-state index in [4.69, 9.17) is 0 Å². The molecule has 2 unspecified atom stereocenters. The molecule has 0 N–H and O–H groups in total.